The molecular weight excluding hydrogens is 498 g/mol. The summed E-state index contributed by atoms with van der Waals surface area (Å²) in [5, 5.41) is 5.36. The molecule has 11 nitrogen and oxygen atoms in total. The van der Waals surface area contributed by atoms with Gasteiger partial charge in [0.05, 0.1) is 24.3 Å². The number of nitrogens with zero attached hydrogens (tertiary/aromatic N) is 3. The van der Waals surface area contributed by atoms with Gasteiger partial charge >= 0.3 is 17.3 Å². The molecule has 1 fully saturated rings. The van der Waals surface area contributed by atoms with E-state index in [2.05, 4.69) is 10.6 Å². The second-order valence-corrected chi connectivity index (χ2v) is 8.84. The number of carbonyl (C=O) groups is 3. The largest absolute Gasteiger partial charge is 0.462 e. The Hall–Kier alpha value is -4.32. The van der Waals surface area contributed by atoms with Crippen molar-refractivity contribution in [1.29, 1.82) is 0 Å². The van der Waals surface area contributed by atoms with Gasteiger partial charge in [0.25, 0.3) is 5.91 Å². The van der Waals surface area contributed by atoms with E-state index in [1.54, 1.807) is 55.3 Å². The van der Waals surface area contributed by atoms with E-state index in [1.807, 2.05) is 19.1 Å². The highest BCUT2D eigenvalue weighted by Crippen LogP contribution is 2.28. The smallest absolute Gasteiger partial charge is 0.431 e. The van der Waals surface area contributed by atoms with Gasteiger partial charge < -0.3 is 15.0 Å². The van der Waals surface area contributed by atoms with Crippen LogP contribution in [0, 0.1) is 6.92 Å². The van der Waals surface area contributed by atoms with Gasteiger partial charge in [0, 0.05) is 5.69 Å². The minimum absolute atomic E-state index is 0.0402. The minimum Gasteiger partial charge on any atom is -0.462 e. The van der Waals surface area contributed by atoms with Gasteiger partial charge in [-0.2, -0.15) is 0 Å². The van der Waals surface area contributed by atoms with Crippen molar-refractivity contribution in [2.75, 3.05) is 16.8 Å². The van der Waals surface area contributed by atoms with E-state index in [0.29, 0.717) is 16.9 Å². The Labute approximate surface area is 217 Å². The number of hydrogen-bond acceptors (Lipinski definition) is 7. The third-order valence-electron chi connectivity index (χ3n) is 5.91. The van der Waals surface area contributed by atoms with Crippen LogP contribution in [0.4, 0.5) is 11.4 Å². The maximum atomic E-state index is 13.5. The normalized spacial score (nSPS) is 15.3. The monoisotopic (exact) mass is 524 g/mol. The summed E-state index contributed by atoms with van der Waals surface area (Å²) in [5.74, 6) is -1.28. The molecule has 2 N–H and O–H groups in total. The van der Waals surface area contributed by atoms with Gasteiger partial charge in [-0.05, 0) is 67.7 Å². The summed E-state index contributed by atoms with van der Waals surface area (Å²) < 4.78 is 11.2. The number of amides is 2. The number of rotatable bonds is 8. The topological polar surface area (TPSA) is 129 Å². The number of hydrogen-bond donors (Lipinski definition) is 2. The van der Waals surface area contributed by atoms with E-state index in [9.17, 15) is 19.2 Å². The van der Waals surface area contributed by atoms with E-state index in [0.717, 1.165) is 5.56 Å². The van der Waals surface area contributed by atoms with Crippen molar-refractivity contribution in [3.05, 3.63) is 75.8 Å². The fourth-order valence-corrected chi connectivity index (χ4v) is 4.32. The summed E-state index contributed by atoms with van der Waals surface area (Å²) in [6, 6.07) is 12.5. The lowest BCUT2D eigenvalue weighted by Gasteiger charge is -2.21. The zero-order valence-corrected chi connectivity index (χ0v) is 21.3. The second-order valence-electron chi connectivity index (χ2n) is 8.47. The molecule has 0 saturated carbocycles. The molecule has 37 heavy (non-hydrogen) atoms. The Morgan fingerprint density at radius 1 is 1.14 bits per heavy atom. The summed E-state index contributed by atoms with van der Waals surface area (Å²) in [6.45, 7) is 3.86. The van der Waals surface area contributed by atoms with Gasteiger partial charge in [0.15, 0.2) is 12.2 Å². The fraction of sp³-hybridized carbons (Fsp3) is 0.280. The zero-order chi connectivity index (χ0) is 26.7. The molecule has 1 unspecified atom stereocenters. The number of H-pyrrole nitrogens is 1. The lowest BCUT2D eigenvalue weighted by molar-refractivity contribution is -0.746. The quantitative estimate of drug-likeness (QED) is 0.259. The van der Waals surface area contributed by atoms with Crippen LogP contribution in [-0.4, -0.2) is 45.7 Å². The maximum Gasteiger partial charge on any atom is 0.431 e. The van der Waals surface area contributed by atoms with Crippen LogP contribution in [0.5, 0.6) is 0 Å². The number of esters is 1. The van der Waals surface area contributed by atoms with Gasteiger partial charge in [0.2, 0.25) is 5.91 Å². The zero-order valence-electron chi connectivity index (χ0n) is 20.5. The first-order valence-corrected chi connectivity index (χ1v) is 11.9. The molecule has 1 aromatic heterocycles. The van der Waals surface area contributed by atoms with E-state index in [1.165, 1.54) is 9.58 Å². The Bertz CT molecular complexity index is 1400. The molecule has 2 amide bonds. The number of ether oxygens (including phenoxy) is 1. The molecule has 4 rings (SSSR count). The number of aromatic nitrogens is 2. The van der Waals surface area contributed by atoms with Crippen molar-refractivity contribution < 1.29 is 28.3 Å². The molecule has 12 heteroatoms. The molecule has 0 spiro atoms. The molecule has 3 aromatic rings. The van der Waals surface area contributed by atoms with Gasteiger partial charge in [-0.1, -0.05) is 22.4 Å². The van der Waals surface area contributed by atoms with Crippen molar-refractivity contribution in [2.45, 2.75) is 32.9 Å². The Balaban J connectivity index is 1.56. The first-order valence-electron chi connectivity index (χ1n) is 11.5. The molecule has 0 bridgehead atoms. The van der Waals surface area contributed by atoms with E-state index in [-0.39, 0.29) is 36.3 Å². The Morgan fingerprint density at radius 2 is 1.81 bits per heavy atom. The van der Waals surface area contributed by atoms with Crippen molar-refractivity contribution >= 4 is 46.5 Å². The summed E-state index contributed by atoms with van der Waals surface area (Å²) in [5.41, 5.74) is 2.02. The van der Waals surface area contributed by atoms with Crippen LogP contribution < -0.4 is 20.5 Å². The highest BCUT2D eigenvalue weighted by molar-refractivity contribution is 7.80. The van der Waals surface area contributed by atoms with Crippen LogP contribution in [0.15, 0.2) is 57.8 Å². The minimum atomic E-state index is -0.957. The highest BCUT2D eigenvalue weighted by Gasteiger charge is 2.45. The molecule has 1 aliphatic rings. The molecule has 0 radical (unpaired) electrons. The first-order chi connectivity index (χ1) is 17.7. The van der Waals surface area contributed by atoms with Crippen LogP contribution in [0.1, 0.15) is 35.0 Å². The number of thiocarbonyl (C=S) groups is 1. The van der Waals surface area contributed by atoms with Gasteiger partial charge in [-0.3, -0.25) is 19.0 Å². The van der Waals surface area contributed by atoms with Crippen LogP contribution in [0.2, 0.25) is 0 Å². The molecule has 2 aromatic carbocycles. The highest BCUT2D eigenvalue weighted by atomic mass is 32.1. The predicted molar refractivity (Wildman–Crippen MR) is 137 cm³/mol. The average Bonchev–Trinajstić information content (AvgIpc) is 3.30. The van der Waals surface area contributed by atoms with E-state index in [4.69, 9.17) is 21.5 Å². The summed E-state index contributed by atoms with van der Waals surface area (Å²) >= 11 is 5.64. The van der Waals surface area contributed by atoms with Gasteiger partial charge in [-0.25, -0.2) is 9.59 Å². The summed E-state index contributed by atoms with van der Waals surface area (Å²) in [6.07, 6.45) is -0.222. The summed E-state index contributed by atoms with van der Waals surface area (Å²) in [4.78, 5) is 53.5. The Morgan fingerprint density at radius 3 is 2.41 bits per heavy atom. The number of carbonyl (C=O) groups excluding carboxylic acids is 3. The summed E-state index contributed by atoms with van der Waals surface area (Å²) in [7, 11) is 1.60. The van der Waals surface area contributed by atoms with Crippen LogP contribution in [0.3, 0.4) is 0 Å². The molecule has 1 atom stereocenters. The van der Waals surface area contributed by atoms with Crippen molar-refractivity contribution in [1.82, 2.24) is 10.2 Å². The maximum absolute atomic E-state index is 13.5. The molecule has 1 saturated heterocycles. The third-order valence-corrected chi connectivity index (χ3v) is 6.32. The predicted octanol–water partition coefficient (Wildman–Crippen LogP) is 1.81. The van der Waals surface area contributed by atoms with Crippen LogP contribution in [0.25, 0.3) is 0 Å². The number of anilines is 2. The van der Waals surface area contributed by atoms with Crippen LogP contribution in [-0.2, 0) is 27.9 Å². The lowest BCUT2D eigenvalue weighted by Crippen LogP contribution is -2.44. The molecule has 0 aliphatic carbocycles. The average molecular weight is 525 g/mol. The number of benzene rings is 2. The number of nitrogens with one attached hydrogen (secondary N) is 2. The fourth-order valence-electron chi connectivity index (χ4n) is 3.93. The molecule has 192 valence electrons. The molecular formula is C25H26N5O6S+. The third kappa shape index (κ3) is 5.43. The molecule has 2 heterocycles. The second kappa shape index (κ2) is 10.7. The number of aryl methyl sites for hydroxylation is 2. The van der Waals surface area contributed by atoms with Crippen molar-refractivity contribution in [2.24, 2.45) is 7.05 Å². The molecule has 1 aliphatic heterocycles. The lowest BCUT2D eigenvalue weighted by atomic mass is 10.1. The van der Waals surface area contributed by atoms with E-state index >= 15 is 0 Å². The Kier molecular flexibility index (Phi) is 7.48. The van der Waals surface area contributed by atoms with Crippen LogP contribution >= 0.6 is 12.2 Å². The van der Waals surface area contributed by atoms with Crippen molar-refractivity contribution in [3.8, 4) is 0 Å². The van der Waals surface area contributed by atoms with E-state index < -0.39 is 23.5 Å². The SMILES string of the molecule is CCOC(=O)c1ccc(NC(=O)CC2C(=O)N(c3ccc(C)cc3)C(=S)N2Cc2c(=O)o[nH][n+]2C)cc1. The standard InChI is InChI=1S/C25H25N5O6S/c1-4-35-23(33)16-7-9-17(10-8-16)26-21(31)13-19-22(32)30(18-11-5-15(2)6-12-18)25(37)29(19)14-20-24(34)36-27-28(20)3/h5-12,19H,4,13-14H2,1-3H3,(H-,26,27,31,33,34)/p+1. The first kappa shape index (κ1) is 25.8. The number of aromatic amines is 1. The van der Waals surface area contributed by atoms with Crippen molar-refractivity contribution in [3.63, 3.8) is 0 Å². The van der Waals surface area contributed by atoms with Gasteiger partial charge in [0.1, 0.15) is 12.6 Å². The van der Waals surface area contributed by atoms with Gasteiger partial charge in [-0.15, -0.1) is 0 Å².